The molecule has 2 atom stereocenters. The molecule has 30 heavy (non-hydrogen) atoms. The molecule has 164 valence electrons. The largest absolute Gasteiger partial charge is 0.383 e. The van der Waals surface area contributed by atoms with Crippen molar-refractivity contribution in [1.82, 2.24) is 29.1 Å². The number of hydrogen-bond acceptors (Lipinski definition) is 5. The Balaban J connectivity index is 1.60. The number of carbonyl (C=O) groups is 1. The number of likely N-dealkylation sites (tertiary alicyclic amines) is 2. The van der Waals surface area contributed by atoms with E-state index in [9.17, 15) is 4.79 Å². The number of methoxy groups -OCH3 is 1. The monoisotopic (exact) mass is 414 g/mol. The van der Waals surface area contributed by atoms with Crippen LogP contribution in [0.2, 0.25) is 0 Å². The number of aromatic nitrogens is 4. The van der Waals surface area contributed by atoms with Crippen LogP contribution in [0.3, 0.4) is 0 Å². The summed E-state index contributed by atoms with van der Waals surface area (Å²) in [5.41, 5.74) is 1.84. The van der Waals surface area contributed by atoms with Crippen molar-refractivity contribution in [3.05, 3.63) is 36.2 Å². The maximum atomic E-state index is 13.6. The lowest BCUT2D eigenvalue weighted by atomic mass is 9.75. The maximum Gasteiger partial charge on any atom is 0.230 e. The van der Waals surface area contributed by atoms with Gasteiger partial charge in [0.05, 0.1) is 30.2 Å². The molecule has 1 amide bonds. The van der Waals surface area contributed by atoms with E-state index in [0.29, 0.717) is 19.2 Å². The van der Waals surface area contributed by atoms with Gasteiger partial charge < -0.3 is 14.2 Å². The molecule has 2 aliphatic rings. The Kier molecular flexibility index (Phi) is 5.97. The summed E-state index contributed by atoms with van der Waals surface area (Å²) in [6, 6.07) is 0.358. The first-order valence-corrected chi connectivity index (χ1v) is 11.0. The van der Waals surface area contributed by atoms with Gasteiger partial charge in [0.25, 0.3) is 0 Å². The second kappa shape index (κ2) is 8.51. The van der Waals surface area contributed by atoms with Crippen LogP contribution in [-0.4, -0.2) is 74.9 Å². The third-order valence-corrected chi connectivity index (χ3v) is 6.71. The second-order valence-corrected chi connectivity index (χ2v) is 8.96. The van der Waals surface area contributed by atoms with E-state index in [0.717, 1.165) is 44.8 Å². The zero-order valence-electron chi connectivity index (χ0n) is 18.6. The van der Waals surface area contributed by atoms with Gasteiger partial charge in [0.1, 0.15) is 0 Å². The van der Waals surface area contributed by atoms with Gasteiger partial charge in [-0.05, 0) is 27.2 Å². The number of carbonyl (C=O) groups excluding carboxylic acids is 1. The van der Waals surface area contributed by atoms with Crippen molar-refractivity contribution in [2.75, 3.05) is 39.9 Å². The quantitative estimate of drug-likeness (QED) is 0.662. The Hall–Kier alpha value is -2.19. The number of nitrogens with zero attached hydrogens (tertiary/aromatic N) is 6. The summed E-state index contributed by atoms with van der Waals surface area (Å²) in [7, 11) is 1.69. The lowest BCUT2D eigenvalue weighted by Gasteiger charge is -2.28. The first-order chi connectivity index (χ1) is 14.5. The van der Waals surface area contributed by atoms with Gasteiger partial charge in [-0.3, -0.25) is 14.4 Å². The van der Waals surface area contributed by atoms with Crippen molar-refractivity contribution in [3.8, 4) is 0 Å². The second-order valence-electron chi connectivity index (χ2n) is 8.96. The van der Waals surface area contributed by atoms with Gasteiger partial charge >= 0.3 is 0 Å². The lowest BCUT2D eigenvalue weighted by molar-refractivity contribution is -0.136. The Bertz CT molecular complexity index is 875. The van der Waals surface area contributed by atoms with E-state index >= 15 is 0 Å². The zero-order chi connectivity index (χ0) is 21.3. The molecule has 8 nitrogen and oxygen atoms in total. The fraction of sp³-hybridized carbons (Fsp3) is 0.682. The van der Waals surface area contributed by atoms with E-state index in [1.165, 1.54) is 5.56 Å². The minimum Gasteiger partial charge on any atom is -0.383 e. The first kappa shape index (κ1) is 21.1. The van der Waals surface area contributed by atoms with E-state index in [1.807, 2.05) is 22.1 Å². The predicted octanol–water partition coefficient (Wildman–Crippen LogP) is 2.14. The molecule has 2 fully saturated rings. The predicted molar refractivity (Wildman–Crippen MR) is 114 cm³/mol. The van der Waals surface area contributed by atoms with Crippen LogP contribution in [0.5, 0.6) is 0 Å². The van der Waals surface area contributed by atoms with Crippen molar-refractivity contribution in [3.63, 3.8) is 0 Å². The number of hydrogen-bond donors (Lipinski definition) is 0. The van der Waals surface area contributed by atoms with E-state index in [2.05, 4.69) is 47.7 Å². The van der Waals surface area contributed by atoms with Crippen LogP contribution in [0.4, 0.5) is 0 Å². The molecule has 2 aliphatic heterocycles. The molecule has 0 aromatic carbocycles. The fourth-order valence-corrected chi connectivity index (χ4v) is 4.98. The van der Waals surface area contributed by atoms with Gasteiger partial charge in [0.15, 0.2) is 0 Å². The van der Waals surface area contributed by atoms with Crippen molar-refractivity contribution >= 4 is 5.91 Å². The van der Waals surface area contributed by atoms with Crippen LogP contribution in [0, 0.1) is 5.41 Å². The minimum atomic E-state index is -0.398. The molecule has 2 saturated heterocycles. The highest BCUT2D eigenvalue weighted by Gasteiger charge is 2.57. The summed E-state index contributed by atoms with van der Waals surface area (Å²) in [4.78, 5) is 22.7. The van der Waals surface area contributed by atoms with Gasteiger partial charge in [0, 0.05) is 76.3 Å². The van der Waals surface area contributed by atoms with Gasteiger partial charge in [-0.1, -0.05) is 0 Å². The molecule has 8 heteroatoms. The molecule has 0 N–H and O–H groups in total. The Morgan fingerprint density at radius 3 is 2.83 bits per heavy atom. The summed E-state index contributed by atoms with van der Waals surface area (Å²) >= 11 is 0. The Morgan fingerprint density at radius 1 is 1.33 bits per heavy atom. The molecule has 0 aliphatic carbocycles. The number of ether oxygens (including phenoxy) is 1. The molecule has 4 heterocycles. The Morgan fingerprint density at radius 2 is 2.17 bits per heavy atom. The maximum absolute atomic E-state index is 13.6. The van der Waals surface area contributed by atoms with Crippen molar-refractivity contribution in [2.45, 2.75) is 52.2 Å². The highest BCUT2D eigenvalue weighted by molar-refractivity contribution is 5.86. The highest BCUT2D eigenvalue weighted by atomic mass is 16.5. The van der Waals surface area contributed by atoms with E-state index in [4.69, 9.17) is 9.72 Å². The third kappa shape index (κ3) is 3.78. The minimum absolute atomic E-state index is 0.110. The molecular formula is C22H34N6O2. The molecule has 2 unspecified atom stereocenters. The van der Waals surface area contributed by atoms with Crippen LogP contribution in [-0.2, 0) is 22.6 Å². The summed E-state index contributed by atoms with van der Waals surface area (Å²) in [6.07, 6.45) is 8.97. The van der Waals surface area contributed by atoms with E-state index in [1.54, 1.807) is 7.11 Å². The van der Waals surface area contributed by atoms with Gasteiger partial charge in [-0.2, -0.15) is 5.10 Å². The first-order valence-electron chi connectivity index (χ1n) is 11.0. The third-order valence-electron chi connectivity index (χ3n) is 6.71. The van der Waals surface area contributed by atoms with Crippen molar-refractivity contribution in [2.24, 2.45) is 5.41 Å². The van der Waals surface area contributed by atoms with Crippen molar-refractivity contribution in [1.29, 1.82) is 0 Å². The molecule has 0 bridgehead atoms. The fourth-order valence-electron chi connectivity index (χ4n) is 4.98. The van der Waals surface area contributed by atoms with Crippen LogP contribution in [0.1, 0.15) is 50.4 Å². The molecular weight excluding hydrogens is 380 g/mol. The topological polar surface area (TPSA) is 68.4 Å². The van der Waals surface area contributed by atoms with Gasteiger partial charge in [0.2, 0.25) is 5.91 Å². The van der Waals surface area contributed by atoms with Gasteiger partial charge in [-0.15, -0.1) is 0 Å². The smallest absolute Gasteiger partial charge is 0.230 e. The van der Waals surface area contributed by atoms with E-state index < -0.39 is 5.41 Å². The van der Waals surface area contributed by atoms with Crippen LogP contribution >= 0.6 is 0 Å². The van der Waals surface area contributed by atoms with Gasteiger partial charge in [-0.25, -0.2) is 4.98 Å². The van der Waals surface area contributed by atoms with Crippen LogP contribution in [0.25, 0.3) is 0 Å². The molecule has 2 aromatic heterocycles. The average molecular weight is 415 g/mol. The number of amides is 1. The van der Waals surface area contributed by atoms with Crippen LogP contribution in [0.15, 0.2) is 24.9 Å². The molecule has 1 spiro atoms. The Labute approximate surface area is 178 Å². The standard InChI is InChI=1S/C22H34N6O2/c1-5-28-12-18(10-24-28)11-25-13-19(20-14-27(16-23-20)17(2)3)22(15-25)6-7-26(21(22)29)8-9-30-4/h10,12,14,16-17,19H,5-9,11,13,15H2,1-4H3. The average Bonchev–Trinajstić information content (AvgIpc) is 3.50. The normalized spacial score (nSPS) is 24.8. The number of aryl methyl sites for hydroxylation is 1. The summed E-state index contributed by atoms with van der Waals surface area (Å²) in [5.74, 6) is 0.370. The zero-order valence-corrected chi connectivity index (χ0v) is 18.6. The highest BCUT2D eigenvalue weighted by Crippen LogP contribution is 2.49. The summed E-state index contributed by atoms with van der Waals surface area (Å²) < 4.78 is 9.32. The van der Waals surface area contributed by atoms with Crippen LogP contribution < -0.4 is 0 Å². The number of rotatable bonds is 8. The molecule has 0 saturated carbocycles. The summed E-state index contributed by atoms with van der Waals surface area (Å²) in [5, 5.41) is 4.41. The lowest BCUT2D eigenvalue weighted by Crippen LogP contribution is -2.40. The number of imidazole rings is 1. The van der Waals surface area contributed by atoms with E-state index in [-0.39, 0.29) is 11.8 Å². The molecule has 2 aromatic rings. The summed E-state index contributed by atoms with van der Waals surface area (Å²) in [6.45, 7) is 11.7. The molecule has 0 radical (unpaired) electrons. The SMILES string of the molecule is CCn1cc(CN2CC(c3cn(C(C)C)cn3)C3(CCN(CCOC)C3=O)C2)cn1. The molecule has 4 rings (SSSR count). The van der Waals surface area contributed by atoms with Crippen molar-refractivity contribution < 1.29 is 9.53 Å².